The van der Waals surface area contributed by atoms with Gasteiger partial charge in [-0.1, -0.05) is 12.2 Å². The molecule has 146 valence electrons. The zero-order valence-electron chi connectivity index (χ0n) is 15.3. The lowest BCUT2D eigenvalue weighted by atomic mass is 10.0. The first-order chi connectivity index (χ1) is 12.3. The summed E-state index contributed by atoms with van der Waals surface area (Å²) in [6.45, 7) is 4.42. The number of rotatable bonds is 13. The van der Waals surface area contributed by atoms with E-state index in [2.05, 4.69) is 17.5 Å². The summed E-state index contributed by atoms with van der Waals surface area (Å²) in [4.78, 5) is 11.8. The number of nitrogens with one attached hydrogen (secondary N) is 1. The smallest absolute Gasteiger partial charge is 0.407 e. The standard InChI is InChI=1S/C18H34N2O5/c19-9-12-23-14-16-24-15-13-22-11-6-10-20-18(21)25-17-7-4-2-1-3-5-8-17/h1-2,17H,3-16,19H2,(H,20,21). The van der Waals surface area contributed by atoms with Gasteiger partial charge in [0.05, 0.1) is 33.0 Å². The van der Waals surface area contributed by atoms with Crippen molar-refractivity contribution < 1.29 is 23.7 Å². The summed E-state index contributed by atoms with van der Waals surface area (Å²) < 4.78 is 21.4. The van der Waals surface area contributed by atoms with Crippen LogP contribution in [0.1, 0.15) is 38.5 Å². The van der Waals surface area contributed by atoms with Crippen LogP contribution in [-0.4, -0.2) is 64.9 Å². The lowest BCUT2D eigenvalue weighted by Crippen LogP contribution is -2.30. The fourth-order valence-electron chi connectivity index (χ4n) is 2.43. The maximum atomic E-state index is 11.8. The summed E-state index contributed by atoms with van der Waals surface area (Å²) in [7, 11) is 0. The van der Waals surface area contributed by atoms with Gasteiger partial charge in [0, 0.05) is 19.7 Å². The molecule has 0 saturated heterocycles. The van der Waals surface area contributed by atoms with Gasteiger partial charge in [0.15, 0.2) is 0 Å². The molecule has 0 aromatic rings. The van der Waals surface area contributed by atoms with E-state index in [1.54, 1.807) is 0 Å². The molecule has 0 aromatic heterocycles. The molecule has 25 heavy (non-hydrogen) atoms. The van der Waals surface area contributed by atoms with Crippen molar-refractivity contribution in [2.45, 2.75) is 44.6 Å². The van der Waals surface area contributed by atoms with Crippen molar-refractivity contribution in [3.05, 3.63) is 12.2 Å². The van der Waals surface area contributed by atoms with Crippen LogP contribution in [0, 0.1) is 0 Å². The van der Waals surface area contributed by atoms with Crippen LogP contribution in [-0.2, 0) is 18.9 Å². The minimum atomic E-state index is -0.324. The number of alkyl carbamates (subject to hydrolysis) is 1. The van der Waals surface area contributed by atoms with E-state index < -0.39 is 0 Å². The molecule has 7 heteroatoms. The van der Waals surface area contributed by atoms with Gasteiger partial charge >= 0.3 is 6.09 Å². The van der Waals surface area contributed by atoms with Gasteiger partial charge in [0.25, 0.3) is 0 Å². The summed E-state index contributed by atoms with van der Waals surface area (Å²) in [6, 6.07) is 0. The van der Waals surface area contributed by atoms with Gasteiger partial charge in [0.1, 0.15) is 6.10 Å². The van der Waals surface area contributed by atoms with Gasteiger partial charge in [-0.25, -0.2) is 4.79 Å². The molecule has 0 saturated carbocycles. The average molecular weight is 358 g/mol. The first-order valence-electron chi connectivity index (χ1n) is 9.35. The first kappa shape index (κ1) is 21.9. The molecule has 1 amide bonds. The Labute approximate surface area is 151 Å². The largest absolute Gasteiger partial charge is 0.446 e. The average Bonchev–Trinajstić information content (AvgIpc) is 2.58. The number of carbonyl (C=O) groups excluding carboxylic acids is 1. The van der Waals surface area contributed by atoms with Gasteiger partial charge in [0.2, 0.25) is 0 Å². The van der Waals surface area contributed by atoms with Crippen LogP contribution < -0.4 is 11.1 Å². The van der Waals surface area contributed by atoms with Gasteiger partial charge < -0.3 is 30.0 Å². The normalized spacial score (nSPS) is 17.7. The number of nitrogens with two attached hydrogens (primary N) is 1. The Balaban J connectivity index is 1.85. The van der Waals surface area contributed by atoms with Crippen molar-refractivity contribution in [2.75, 3.05) is 52.7 Å². The quantitative estimate of drug-likeness (QED) is 0.386. The highest BCUT2D eigenvalue weighted by molar-refractivity contribution is 5.67. The Kier molecular flexibility index (Phi) is 14.3. The van der Waals surface area contributed by atoms with Crippen LogP contribution in [0.5, 0.6) is 0 Å². The van der Waals surface area contributed by atoms with Crippen LogP contribution in [0.3, 0.4) is 0 Å². The predicted molar refractivity (Wildman–Crippen MR) is 96.6 cm³/mol. The number of carbonyl (C=O) groups is 1. The molecular formula is C18H34N2O5. The molecule has 1 unspecified atom stereocenters. The Bertz CT molecular complexity index is 352. The molecule has 0 fully saturated rings. The van der Waals surface area contributed by atoms with E-state index in [-0.39, 0.29) is 12.2 Å². The molecule has 0 radical (unpaired) electrons. The maximum Gasteiger partial charge on any atom is 0.407 e. The summed E-state index contributed by atoms with van der Waals surface area (Å²) in [5.41, 5.74) is 5.30. The highest BCUT2D eigenvalue weighted by atomic mass is 16.6. The molecule has 1 atom stereocenters. The molecule has 1 aliphatic rings. The third kappa shape index (κ3) is 13.8. The maximum absolute atomic E-state index is 11.8. The zero-order chi connectivity index (χ0) is 18.0. The van der Waals surface area contributed by atoms with E-state index >= 15 is 0 Å². The van der Waals surface area contributed by atoms with Gasteiger partial charge in [-0.2, -0.15) is 0 Å². The monoisotopic (exact) mass is 358 g/mol. The number of hydrogen-bond donors (Lipinski definition) is 2. The van der Waals surface area contributed by atoms with E-state index in [1.807, 2.05) is 0 Å². The van der Waals surface area contributed by atoms with Gasteiger partial charge in [-0.15, -0.1) is 0 Å². The fourth-order valence-corrected chi connectivity index (χ4v) is 2.43. The molecule has 0 aromatic carbocycles. The van der Waals surface area contributed by atoms with Crippen molar-refractivity contribution in [3.63, 3.8) is 0 Å². The topological polar surface area (TPSA) is 92.0 Å². The second-order valence-electron chi connectivity index (χ2n) is 5.91. The van der Waals surface area contributed by atoms with Crippen molar-refractivity contribution >= 4 is 6.09 Å². The summed E-state index contributed by atoms with van der Waals surface area (Å²) in [5.74, 6) is 0. The number of ether oxygens (including phenoxy) is 4. The third-order valence-corrected chi connectivity index (χ3v) is 3.73. The van der Waals surface area contributed by atoms with Crippen LogP contribution in [0.2, 0.25) is 0 Å². The Morgan fingerprint density at radius 2 is 1.64 bits per heavy atom. The summed E-state index contributed by atoms with van der Waals surface area (Å²) >= 11 is 0. The van der Waals surface area contributed by atoms with E-state index in [4.69, 9.17) is 24.7 Å². The SMILES string of the molecule is NCCOCCOCCOCCCNC(=O)OC1CCC=CCCC1. The van der Waals surface area contributed by atoms with Gasteiger partial charge in [-0.05, 0) is 38.5 Å². The molecule has 3 N–H and O–H groups in total. The van der Waals surface area contributed by atoms with Crippen molar-refractivity contribution in [2.24, 2.45) is 5.73 Å². The van der Waals surface area contributed by atoms with E-state index in [1.165, 1.54) is 0 Å². The highest BCUT2D eigenvalue weighted by Gasteiger charge is 2.14. The van der Waals surface area contributed by atoms with Crippen LogP contribution in [0.25, 0.3) is 0 Å². The molecule has 1 aliphatic carbocycles. The minimum absolute atomic E-state index is 0.0344. The van der Waals surface area contributed by atoms with E-state index in [9.17, 15) is 4.79 Å². The minimum Gasteiger partial charge on any atom is -0.446 e. The second-order valence-corrected chi connectivity index (χ2v) is 5.91. The van der Waals surface area contributed by atoms with Crippen molar-refractivity contribution in [1.29, 1.82) is 0 Å². The number of hydrogen-bond acceptors (Lipinski definition) is 6. The molecule has 7 nitrogen and oxygen atoms in total. The molecule has 0 aliphatic heterocycles. The Morgan fingerprint density at radius 1 is 0.960 bits per heavy atom. The molecule has 0 spiro atoms. The number of amides is 1. The molecule has 0 bridgehead atoms. The van der Waals surface area contributed by atoms with Crippen LogP contribution >= 0.6 is 0 Å². The zero-order valence-corrected chi connectivity index (χ0v) is 15.3. The third-order valence-electron chi connectivity index (χ3n) is 3.73. The van der Waals surface area contributed by atoms with Crippen molar-refractivity contribution in [3.8, 4) is 0 Å². The van der Waals surface area contributed by atoms with E-state index in [0.29, 0.717) is 52.7 Å². The first-order valence-corrected chi connectivity index (χ1v) is 9.35. The number of allylic oxidation sites excluding steroid dienone is 2. The molecule has 0 heterocycles. The Morgan fingerprint density at radius 3 is 2.40 bits per heavy atom. The van der Waals surface area contributed by atoms with Crippen molar-refractivity contribution in [1.82, 2.24) is 5.32 Å². The van der Waals surface area contributed by atoms with Crippen LogP contribution in [0.15, 0.2) is 12.2 Å². The second kappa shape index (κ2) is 16.3. The lowest BCUT2D eigenvalue weighted by molar-refractivity contribution is 0.0155. The lowest BCUT2D eigenvalue weighted by Gasteiger charge is -2.18. The fraction of sp³-hybridized carbons (Fsp3) is 0.833. The molecule has 1 rings (SSSR count). The van der Waals surface area contributed by atoms with E-state index in [0.717, 1.165) is 38.5 Å². The predicted octanol–water partition coefficient (Wildman–Crippen LogP) is 2.00. The summed E-state index contributed by atoms with van der Waals surface area (Å²) in [5, 5.41) is 2.78. The summed E-state index contributed by atoms with van der Waals surface area (Å²) in [6.07, 6.45) is 9.81. The Hall–Kier alpha value is -1.15. The highest BCUT2D eigenvalue weighted by Crippen LogP contribution is 2.15. The van der Waals surface area contributed by atoms with Gasteiger partial charge in [-0.3, -0.25) is 0 Å². The molecular weight excluding hydrogens is 324 g/mol. The van der Waals surface area contributed by atoms with Crippen LogP contribution in [0.4, 0.5) is 4.79 Å².